The van der Waals surface area contributed by atoms with Crippen LogP contribution in [0.15, 0.2) is 176 Å². The van der Waals surface area contributed by atoms with Crippen molar-refractivity contribution in [3.05, 3.63) is 176 Å². The Bertz CT molecular complexity index is 3010. The SMILES string of the molecule is c1ccc(-c2cccc(-c3nc4ccccc4nc3-n3c4cccc5c4c4c6c(cccc6c(-c6ccccc6)cc43)-c3ccccc3-5)c2)cc1. The molecule has 0 bridgehead atoms. The third-order valence-electron chi connectivity index (χ3n) is 10.5. The van der Waals surface area contributed by atoms with Crippen LogP contribution in [0, 0.1) is 0 Å². The molecule has 236 valence electrons. The van der Waals surface area contributed by atoms with Crippen LogP contribution < -0.4 is 0 Å². The Morgan fingerprint density at radius 1 is 0.333 bits per heavy atom. The Morgan fingerprint density at radius 3 is 1.67 bits per heavy atom. The summed E-state index contributed by atoms with van der Waals surface area (Å²) < 4.78 is 2.38. The molecule has 10 aromatic rings. The summed E-state index contributed by atoms with van der Waals surface area (Å²) in [6.07, 6.45) is 0. The molecule has 8 aromatic carbocycles. The van der Waals surface area contributed by atoms with Crippen LogP contribution in [0.5, 0.6) is 0 Å². The Balaban J connectivity index is 1.33. The average molecular weight is 648 g/mol. The molecule has 1 aliphatic carbocycles. The highest BCUT2D eigenvalue weighted by molar-refractivity contribution is 6.32. The fraction of sp³-hybridized carbons (Fsp3) is 0. The van der Waals surface area contributed by atoms with Crippen LogP contribution in [-0.4, -0.2) is 14.5 Å². The normalized spacial score (nSPS) is 11.9. The van der Waals surface area contributed by atoms with Gasteiger partial charge in [0.2, 0.25) is 0 Å². The molecule has 3 heteroatoms. The summed E-state index contributed by atoms with van der Waals surface area (Å²) >= 11 is 0. The molecule has 2 aromatic heterocycles. The second kappa shape index (κ2) is 10.8. The lowest BCUT2D eigenvalue weighted by Gasteiger charge is -2.17. The number of rotatable bonds is 4. The molecule has 0 spiro atoms. The highest BCUT2D eigenvalue weighted by Crippen LogP contribution is 2.51. The fourth-order valence-corrected chi connectivity index (χ4v) is 8.31. The lowest BCUT2D eigenvalue weighted by Crippen LogP contribution is -2.04. The van der Waals surface area contributed by atoms with Crippen molar-refractivity contribution in [2.75, 3.05) is 0 Å². The van der Waals surface area contributed by atoms with Crippen molar-refractivity contribution >= 4 is 43.6 Å². The molecule has 0 saturated heterocycles. The second-order valence-electron chi connectivity index (χ2n) is 13.3. The maximum Gasteiger partial charge on any atom is 0.165 e. The average Bonchev–Trinajstić information content (AvgIpc) is 3.48. The standard InChI is InChI=1S/C48H29N3/c1-3-14-30(15-4-1)32-18-11-19-33(28-32)47-48(50-41-26-10-9-25-40(41)49-47)51-42-27-13-24-37-35-21-8-7-20-34(35)36-22-12-23-38-39(31-16-5-2-6-17-31)29-43(51)46(44(36)38)45(37)42/h1-29H. The van der Waals surface area contributed by atoms with Gasteiger partial charge in [0.05, 0.1) is 22.1 Å². The van der Waals surface area contributed by atoms with E-state index in [1.54, 1.807) is 0 Å². The topological polar surface area (TPSA) is 30.7 Å². The third kappa shape index (κ3) is 4.12. The minimum absolute atomic E-state index is 0.820. The minimum Gasteiger partial charge on any atom is -0.292 e. The Hall–Kier alpha value is -6.84. The van der Waals surface area contributed by atoms with E-state index in [-0.39, 0.29) is 0 Å². The summed E-state index contributed by atoms with van der Waals surface area (Å²) in [5.41, 5.74) is 15.5. The van der Waals surface area contributed by atoms with Crippen molar-refractivity contribution < 1.29 is 0 Å². The van der Waals surface area contributed by atoms with Crippen molar-refractivity contribution in [2.45, 2.75) is 0 Å². The number of aromatic nitrogens is 3. The van der Waals surface area contributed by atoms with E-state index < -0.39 is 0 Å². The van der Waals surface area contributed by atoms with Crippen LogP contribution in [0.25, 0.3) is 105 Å². The van der Waals surface area contributed by atoms with Gasteiger partial charge in [-0.15, -0.1) is 0 Å². The van der Waals surface area contributed by atoms with Gasteiger partial charge in [-0.25, -0.2) is 9.97 Å². The number of hydrogen-bond acceptors (Lipinski definition) is 2. The lowest BCUT2D eigenvalue weighted by atomic mass is 9.90. The van der Waals surface area contributed by atoms with E-state index in [2.05, 4.69) is 168 Å². The molecule has 0 N–H and O–H groups in total. The Labute approximate surface area is 294 Å². The third-order valence-corrected chi connectivity index (χ3v) is 10.5. The quantitative estimate of drug-likeness (QED) is 0.190. The van der Waals surface area contributed by atoms with Gasteiger partial charge in [-0.1, -0.05) is 146 Å². The number of fused-ring (bicyclic) bond motifs is 4. The molecular formula is C48H29N3. The molecular weight excluding hydrogens is 619 g/mol. The van der Waals surface area contributed by atoms with Gasteiger partial charge < -0.3 is 0 Å². The van der Waals surface area contributed by atoms with Crippen LogP contribution in [0.2, 0.25) is 0 Å². The molecule has 0 atom stereocenters. The minimum atomic E-state index is 0.820. The molecule has 51 heavy (non-hydrogen) atoms. The van der Waals surface area contributed by atoms with Crippen LogP contribution in [-0.2, 0) is 0 Å². The van der Waals surface area contributed by atoms with E-state index in [1.165, 1.54) is 60.5 Å². The molecule has 0 fully saturated rings. The smallest absolute Gasteiger partial charge is 0.165 e. The zero-order valence-corrected chi connectivity index (χ0v) is 27.6. The fourth-order valence-electron chi connectivity index (χ4n) is 8.31. The van der Waals surface area contributed by atoms with Gasteiger partial charge in [-0.3, -0.25) is 4.57 Å². The first-order chi connectivity index (χ1) is 25.3. The van der Waals surface area contributed by atoms with Gasteiger partial charge in [0.25, 0.3) is 0 Å². The van der Waals surface area contributed by atoms with Gasteiger partial charge in [0.15, 0.2) is 5.82 Å². The van der Waals surface area contributed by atoms with Crippen LogP contribution in [0.1, 0.15) is 0 Å². The van der Waals surface area contributed by atoms with Gasteiger partial charge in [-0.05, 0) is 80.2 Å². The van der Waals surface area contributed by atoms with E-state index in [4.69, 9.17) is 9.97 Å². The van der Waals surface area contributed by atoms with Crippen molar-refractivity contribution in [3.8, 4) is 61.6 Å². The predicted octanol–water partition coefficient (Wildman–Crippen LogP) is 12.5. The number of hydrogen-bond donors (Lipinski definition) is 0. The van der Waals surface area contributed by atoms with Crippen molar-refractivity contribution in [1.29, 1.82) is 0 Å². The van der Waals surface area contributed by atoms with Gasteiger partial charge in [0, 0.05) is 21.7 Å². The maximum absolute atomic E-state index is 5.49. The van der Waals surface area contributed by atoms with Crippen LogP contribution >= 0.6 is 0 Å². The summed E-state index contributed by atoms with van der Waals surface area (Å²) in [6, 6.07) is 63.0. The van der Waals surface area contributed by atoms with Crippen LogP contribution in [0.4, 0.5) is 0 Å². The predicted molar refractivity (Wildman–Crippen MR) is 212 cm³/mol. The molecule has 0 amide bonds. The molecule has 1 aliphatic rings. The van der Waals surface area contributed by atoms with E-state index in [0.29, 0.717) is 0 Å². The monoisotopic (exact) mass is 647 g/mol. The lowest BCUT2D eigenvalue weighted by molar-refractivity contribution is 1.08. The van der Waals surface area contributed by atoms with E-state index in [9.17, 15) is 0 Å². The largest absolute Gasteiger partial charge is 0.292 e. The summed E-state index contributed by atoms with van der Waals surface area (Å²) in [4.78, 5) is 10.9. The molecule has 0 aliphatic heterocycles. The Kier molecular flexibility index (Phi) is 5.96. The first kappa shape index (κ1) is 28.0. The summed E-state index contributed by atoms with van der Waals surface area (Å²) in [5, 5.41) is 5.02. The number of benzene rings is 8. The number of para-hydroxylation sites is 2. The molecule has 0 radical (unpaired) electrons. The summed E-state index contributed by atoms with van der Waals surface area (Å²) in [5.74, 6) is 0.820. The zero-order chi connectivity index (χ0) is 33.5. The van der Waals surface area contributed by atoms with E-state index >= 15 is 0 Å². The first-order valence-electron chi connectivity index (χ1n) is 17.4. The van der Waals surface area contributed by atoms with Gasteiger partial charge in [0.1, 0.15) is 5.69 Å². The summed E-state index contributed by atoms with van der Waals surface area (Å²) in [6.45, 7) is 0. The summed E-state index contributed by atoms with van der Waals surface area (Å²) in [7, 11) is 0. The van der Waals surface area contributed by atoms with E-state index in [0.717, 1.165) is 44.7 Å². The van der Waals surface area contributed by atoms with Crippen molar-refractivity contribution in [2.24, 2.45) is 0 Å². The highest BCUT2D eigenvalue weighted by atomic mass is 15.1. The second-order valence-corrected chi connectivity index (χ2v) is 13.3. The maximum atomic E-state index is 5.49. The molecule has 0 unspecified atom stereocenters. The van der Waals surface area contributed by atoms with Crippen LogP contribution in [0.3, 0.4) is 0 Å². The molecule has 11 rings (SSSR count). The highest BCUT2D eigenvalue weighted by Gasteiger charge is 2.28. The van der Waals surface area contributed by atoms with E-state index in [1.807, 2.05) is 12.1 Å². The molecule has 3 nitrogen and oxygen atoms in total. The Morgan fingerprint density at radius 2 is 0.902 bits per heavy atom. The molecule has 0 saturated carbocycles. The zero-order valence-electron chi connectivity index (χ0n) is 27.6. The first-order valence-corrected chi connectivity index (χ1v) is 17.4. The molecule has 2 heterocycles. The van der Waals surface area contributed by atoms with Crippen molar-refractivity contribution in [1.82, 2.24) is 14.5 Å². The van der Waals surface area contributed by atoms with Gasteiger partial charge in [-0.2, -0.15) is 0 Å². The van der Waals surface area contributed by atoms with Gasteiger partial charge >= 0.3 is 0 Å². The van der Waals surface area contributed by atoms with Crippen molar-refractivity contribution in [3.63, 3.8) is 0 Å². The number of nitrogens with zero attached hydrogens (tertiary/aromatic N) is 3.